The largest absolute Gasteiger partial charge is 0.477 e. The predicted molar refractivity (Wildman–Crippen MR) is 67.7 cm³/mol. The number of para-hydroxylation sites is 2. The van der Waals surface area contributed by atoms with Gasteiger partial charge in [0.25, 0.3) is 5.91 Å². The summed E-state index contributed by atoms with van der Waals surface area (Å²) in [5, 5.41) is 9.65. The minimum absolute atomic E-state index is 0.176. The summed E-state index contributed by atoms with van der Waals surface area (Å²) in [4.78, 5) is 12.0. The molecule has 0 bridgehead atoms. The Bertz CT molecular complexity index is 568. The first-order chi connectivity index (χ1) is 9.33. The van der Waals surface area contributed by atoms with E-state index in [9.17, 15) is 4.79 Å². The maximum atomic E-state index is 12.0. The second kappa shape index (κ2) is 5.01. The molecule has 1 aromatic carbocycles. The summed E-state index contributed by atoms with van der Waals surface area (Å²) in [6.45, 7) is 0.776. The first-order valence-corrected chi connectivity index (χ1v) is 5.99. The van der Waals surface area contributed by atoms with Crippen LogP contribution in [0, 0.1) is 0 Å². The molecule has 1 unspecified atom stereocenters. The third kappa shape index (κ3) is 2.52. The second-order valence-electron chi connectivity index (χ2n) is 4.19. The normalized spacial score (nSPS) is 16.9. The van der Waals surface area contributed by atoms with E-state index in [1.54, 1.807) is 6.07 Å². The van der Waals surface area contributed by atoms with Crippen LogP contribution in [0.25, 0.3) is 0 Å². The lowest BCUT2D eigenvalue weighted by Crippen LogP contribution is -2.44. The Hall–Kier alpha value is -2.50. The zero-order valence-corrected chi connectivity index (χ0v) is 10.1. The zero-order valence-electron chi connectivity index (χ0n) is 10.1. The summed E-state index contributed by atoms with van der Waals surface area (Å²) < 4.78 is 10.3. The van der Waals surface area contributed by atoms with Gasteiger partial charge in [0.05, 0.1) is 18.8 Å². The van der Waals surface area contributed by atoms with Gasteiger partial charge in [-0.1, -0.05) is 17.3 Å². The van der Waals surface area contributed by atoms with Crippen molar-refractivity contribution in [2.24, 2.45) is 0 Å². The van der Waals surface area contributed by atoms with Gasteiger partial charge in [0, 0.05) is 6.07 Å². The van der Waals surface area contributed by atoms with Crippen molar-refractivity contribution in [2.45, 2.75) is 12.6 Å². The van der Waals surface area contributed by atoms with Crippen molar-refractivity contribution in [3.63, 3.8) is 0 Å². The molecule has 0 fully saturated rings. The SMILES string of the molecule is O=C(NCc1ccon1)C1CNc2ccccc2O1. The van der Waals surface area contributed by atoms with Gasteiger partial charge in [0.2, 0.25) is 0 Å². The molecule has 2 N–H and O–H groups in total. The predicted octanol–water partition coefficient (Wildman–Crippen LogP) is 1.16. The van der Waals surface area contributed by atoms with E-state index >= 15 is 0 Å². The van der Waals surface area contributed by atoms with Crippen LogP contribution >= 0.6 is 0 Å². The minimum atomic E-state index is -0.540. The summed E-state index contributed by atoms with van der Waals surface area (Å²) in [6, 6.07) is 9.24. The fraction of sp³-hybridized carbons (Fsp3) is 0.231. The number of nitrogens with one attached hydrogen (secondary N) is 2. The number of aromatic nitrogens is 1. The topological polar surface area (TPSA) is 76.4 Å². The highest BCUT2D eigenvalue weighted by molar-refractivity contribution is 5.82. The van der Waals surface area contributed by atoms with E-state index in [0.717, 1.165) is 5.69 Å². The van der Waals surface area contributed by atoms with Crippen LogP contribution in [0.1, 0.15) is 5.69 Å². The van der Waals surface area contributed by atoms with Crippen LogP contribution in [0.15, 0.2) is 41.1 Å². The van der Waals surface area contributed by atoms with Gasteiger partial charge in [-0.15, -0.1) is 0 Å². The lowest BCUT2D eigenvalue weighted by molar-refractivity contribution is -0.127. The van der Waals surface area contributed by atoms with Crippen molar-refractivity contribution in [3.8, 4) is 5.75 Å². The van der Waals surface area contributed by atoms with Gasteiger partial charge in [-0.05, 0) is 12.1 Å². The average molecular weight is 259 g/mol. The summed E-state index contributed by atoms with van der Waals surface area (Å²) in [5.74, 6) is 0.514. The van der Waals surface area contributed by atoms with Crippen LogP contribution in [0.3, 0.4) is 0 Å². The lowest BCUT2D eigenvalue weighted by Gasteiger charge is -2.26. The maximum absolute atomic E-state index is 12.0. The summed E-state index contributed by atoms with van der Waals surface area (Å²) >= 11 is 0. The molecule has 0 spiro atoms. The molecule has 1 aromatic heterocycles. The van der Waals surface area contributed by atoms with Gasteiger partial charge in [0.15, 0.2) is 6.10 Å². The van der Waals surface area contributed by atoms with Crippen molar-refractivity contribution in [2.75, 3.05) is 11.9 Å². The van der Waals surface area contributed by atoms with E-state index in [0.29, 0.717) is 24.5 Å². The first-order valence-electron chi connectivity index (χ1n) is 5.99. The van der Waals surface area contributed by atoms with E-state index in [4.69, 9.17) is 9.26 Å². The molecular formula is C13H13N3O3. The molecule has 6 heteroatoms. The van der Waals surface area contributed by atoms with Crippen LogP contribution in [-0.2, 0) is 11.3 Å². The quantitative estimate of drug-likeness (QED) is 0.865. The van der Waals surface area contributed by atoms with Gasteiger partial charge in [-0.25, -0.2) is 0 Å². The zero-order chi connectivity index (χ0) is 13.1. The lowest BCUT2D eigenvalue weighted by atomic mass is 10.2. The molecule has 2 aromatic rings. The van der Waals surface area contributed by atoms with E-state index in [-0.39, 0.29) is 5.91 Å². The van der Waals surface area contributed by atoms with Gasteiger partial charge in [-0.3, -0.25) is 4.79 Å². The standard InChI is InChI=1S/C13H13N3O3/c17-13(15-7-9-5-6-18-16-9)12-8-14-10-3-1-2-4-11(10)19-12/h1-6,12,14H,7-8H2,(H,15,17). The highest BCUT2D eigenvalue weighted by Crippen LogP contribution is 2.28. The number of ether oxygens (including phenoxy) is 1. The van der Waals surface area contributed by atoms with Crippen LogP contribution in [0.2, 0.25) is 0 Å². The van der Waals surface area contributed by atoms with Gasteiger partial charge in [0.1, 0.15) is 17.7 Å². The minimum Gasteiger partial charge on any atom is -0.477 e. The monoisotopic (exact) mass is 259 g/mol. The molecule has 1 aliphatic heterocycles. The molecule has 0 saturated heterocycles. The van der Waals surface area contributed by atoms with Gasteiger partial charge < -0.3 is 19.9 Å². The van der Waals surface area contributed by atoms with Gasteiger partial charge >= 0.3 is 0 Å². The smallest absolute Gasteiger partial charge is 0.263 e. The summed E-state index contributed by atoms with van der Waals surface area (Å²) in [7, 11) is 0. The molecule has 0 saturated carbocycles. The summed E-state index contributed by atoms with van der Waals surface area (Å²) in [6.07, 6.45) is 0.929. The Morgan fingerprint density at radius 3 is 3.16 bits per heavy atom. The molecule has 0 aliphatic carbocycles. The van der Waals surface area contributed by atoms with Crippen molar-refractivity contribution in [1.29, 1.82) is 0 Å². The van der Waals surface area contributed by atoms with Crippen LogP contribution in [0.4, 0.5) is 5.69 Å². The van der Waals surface area contributed by atoms with Crippen LogP contribution in [-0.4, -0.2) is 23.7 Å². The Morgan fingerprint density at radius 1 is 1.42 bits per heavy atom. The van der Waals surface area contributed by atoms with E-state index < -0.39 is 6.10 Å². The van der Waals surface area contributed by atoms with Crippen molar-refractivity contribution in [1.82, 2.24) is 10.5 Å². The number of benzene rings is 1. The molecular weight excluding hydrogens is 246 g/mol. The highest BCUT2D eigenvalue weighted by atomic mass is 16.5. The maximum Gasteiger partial charge on any atom is 0.263 e. The Balaban J connectivity index is 1.60. The number of hydrogen-bond acceptors (Lipinski definition) is 5. The number of fused-ring (bicyclic) bond motifs is 1. The fourth-order valence-corrected chi connectivity index (χ4v) is 1.88. The summed E-state index contributed by atoms with van der Waals surface area (Å²) in [5.41, 5.74) is 1.58. The van der Waals surface area contributed by atoms with E-state index in [2.05, 4.69) is 15.8 Å². The third-order valence-electron chi connectivity index (χ3n) is 2.86. The van der Waals surface area contributed by atoms with Crippen molar-refractivity contribution < 1.29 is 14.1 Å². The Morgan fingerprint density at radius 2 is 2.32 bits per heavy atom. The van der Waals surface area contributed by atoms with Crippen LogP contribution < -0.4 is 15.4 Å². The number of rotatable bonds is 3. The number of nitrogens with zero attached hydrogens (tertiary/aromatic N) is 1. The molecule has 1 aliphatic rings. The number of hydrogen-bond donors (Lipinski definition) is 2. The first kappa shape index (κ1) is 11.6. The van der Waals surface area contributed by atoms with Crippen molar-refractivity contribution in [3.05, 3.63) is 42.3 Å². The fourth-order valence-electron chi connectivity index (χ4n) is 1.88. The van der Waals surface area contributed by atoms with E-state index in [1.165, 1.54) is 6.26 Å². The molecule has 1 atom stereocenters. The van der Waals surface area contributed by atoms with Crippen LogP contribution in [0.5, 0.6) is 5.75 Å². The molecule has 19 heavy (non-hydrogen) atoms. The number of amides is 1. The Kier molecular flexibility index (Phi) is 3.06. The molecule has 98 valence electrons. The molecule has 1 amide bonds. The van der Waals surface area contributed by atoms with E-state index in [1.807, 2.05) is 24.3 Å². The average Bonchev–Trinajstić information content (AvgIpc) is 2.97. The Labute approximate surface area is 109 Å². The molecule has 3 rings (SSSR count). The molecule has 2 heterocycles. The molecule has 0 radical (unpaired) electrons. The highest BCUT2D eigenvalue weighted by Gasteiger charge is 2.25. The number of anilines is 1. The van der Waals surface area contributed by atoms with Crippen molar-refractivity contribution >= 4 is 11.6 Å². The molecule has 6 nitrogen and oxygen atoms in total. The van der Waals surface area contributed by atoms with Gasteiger partial charge in [-0.2, -0.15) is 0 Å². The number of carbonyl (C=O) groups excluding carboxylic acids is 1. The second-order valence-corrected chi connectivity index (χ2v) is 4.19. The third-order valence-corrected chi connectivity index (χ3v) is 2.86. The number of carbonyl (C=O) groups is 1.